The molecule has 0 N–H and O–H groups in total. The molecule has 168 valence electrons. The van der Waals surface area contributed by atoms with Crippen LogP contribution in [-0.4, -0.2) is 41.3 Å². The van der Waals surface area contributed by atoms with Crippen LogP contribution in [0.5, 0.6) is 0 Å². The maximum absolute atomic E-state index is 14.8. The number of hydrogen-bond acceptors (Lipinski definition) is 6. The Labute approximate surface area is 195 Å². The minimum atomic E-state index is -2.95. The van der Waals surface area contributed by atoms with Gasteiger partial charge in [0.25, 0.3) is 5.91 Å². The summed E-state index contributed by atoms with van der Waals surface area (Å²) in [6, 6.07) is 6.30. The third kappa shape index (κ3) is 4.33. The van der Waals surface area contributed by atoms with E-state index in [1.807, 2.05) is 23.1 Å². The van der Waals surface area contributed by atoms with Crippen molar-refractivity contribution in [1.29, 1.82) is 0 Å². The number of aromatic nitrogens is 2. The van der Waals surface area contributed by atoms with Crippen LogP contribution in [0.3, 0.4) is 0 Å². The highest BCUT2D eigenvalue weighted by molar-refractivity contribution is 7.71. The average Bonchev–Trinajstić information content (AvgIpc) is 2.82. The Morgan fingerprint density at radius 1 is 1.15 bits per heavy atom. The van der Waals surface area contributed by atoms with E-state index in [1.165, 1.54) is 6.07 Å². The summed E-state index contributed by atoms with van der Waals surface area (Å²) < 4.78 is 28.6. The van der Waals surface area contributed by atoms with E-state index in [4.69, 9.17) is 11.6 Å². The molecular formula is C23H20ClFN5O2P. The summed E-state index contributed by atoms with van der Waals surface area (Å²) in [7, 11) is -2.95. The summed E-state index contributed by atoms with van der Waals surface area (Å²) in [4.78, 5) is 22.4. The van der Waals surface area contributed by atoms with E-state index in [2.05, 4.69) is 20.2 Å². The second-order valence-electron chi connectivity index (χ2n) is 8.13. The molecule has 0 spiro atoms. The molecule has 3 heterocycles. The molecular weight excluding hydrogens is 464 g/mol. The molecule has 1 aromatic carbocycles. The van der Waals surface area contributed by atoms with Gasteiger partial charge in [-0.05, 0) is 29.3 Å². The third-order valence-electron chi connectivity index (χ3n) is 6.07. The number of fused-ring (bicyclic) bond motifs is 1. The van der Waals surface area contributed by atoms with Crippen LogP contribution in [0.15, 0.2) is 76.3 Å². The summed E-state index contributed by atoms with van der Waals surface area (Å²) in [5.74, 6) is -0.711. The van der Waals surface area contributed by atoms with Crippen LogP contribution >= 0.6 is 18.7 Å². The van der Waals surface area contributed by atoms with Crippen LogP contribution < -0.4 is 10.2 Å². The number of carbonyl (C=O) groups is 1. The topological polar surface area (TPSA) is 87.9 Å². The van der Waals surface area contributed by atoms with Gasteiger partial charge in [-0.2, -0.15) is 5.11 Å². The van der Waals surface area contributed by atoms with Crippen LogP contribution in [0, 0.1) is 11.7 Å². The van der Waals surface area contributed by atoms with Gasteiger partial charge in [0.05, 0.1) is 11.6 Å². The molecule has 0 saturated carbocycles. The standard InChI is InChI=1S/C23H20ClFN5O2P/c24-21-7-8-26-23(27-21)30-9-11-33(32,12-10-30)20-14-15(5-6-18(20)25)13-19-16-3-1-2-4-17(16)22(31)29-28-19/h1-8,14,17H,9-13H2. The molecule has 10 heteroatoms. The van der Waals surface area contributed by atoms with Gasteiger partial charge in [-0.25, -0.2) is 14.4 Å². The van der Waals surface area contributed by atoms with Crippen LogP contribution in [-0.2, 0) is 15.8 Å². The summed E-state index contributed by atoms with van der Waals surface area (Å²) in [5.41, 5.74) is 2.23. The first kappa shape index (κ1) is 21.9. The van der Waals surface area contributed by atoms with Crippen molar-refractivity contribution in [2.24, 2.45) is 16.1 Å². The van der Waals surface area contributed by atoms with E-state index in [0.717, 1.165) is 11.1 Å². The lowest BCUT2D eigenvalue weighted by atomic mass is 9.89. The second kappa shape index (κ2) is 8.76. The quantitative estimate of drug-likeness (QED) is 0.477. The Balaban J connectivity index is 1.38. The predicted molar refractivity (Wildman–Crippen MR) is 125 cm³/mol. The molecule has 3 aliphatic rings. The van der Waals surface area contributed by atoms with Crippen molar-refractivity contribution >= 4 is 35.9 Å². The number of rotatable bonds is 4. The summed E-state index contributed by atoms with van der Waals surface area (Å²) >= 11 is 5.96. The smallest absolute Gasteiger partial charge is 0.275 e. The van der Waals surface area contributed by atoms with Crippen LogP contribution in [0.25, 0.3) is 0 Å². The van der Waals surface area contributed by atoms with Crippen LogP contribution in [0.1, 0.15) is 5.56 Å². The number of hydrogen-bond donors (Lipinski definition) is 0. The monoisotopic (exact) mass is 483 g/mol. The highest BCUT2D eigenvalue weighted by Crippen LogP contribution is 2.47. The first-order valence-corrected chi connectivity index (χ1v) is 13.0. The average molecular weight is 484 g/mol. The molecule has 1 fully saturated rings. The van der Waals surface area contributed by atoms with E-state index in [0.29, 0.717) is 48.6 Å². The largest absolute Gasteiger partial charge is 0.340 e. The van der Waals surface area contributed by atoms with Gasteiger partial charge in [0.1, 0.15) is 18.1 Å². The van der Waals surface area contributed by atoms with Crippen molar-refractivity contribution < 1.29 is 13.8 Å². The SMILES string of the molecule is O=C1N=NC(Cc2ccc(F)c(P3(=O)CCN(c4nccc(Cl)n4)CC3)c2)=C2C=CC=CC12. The number of carbonyl (C=O) groups excluding carboxylic acids is 1. The molecule has 0 radical (unpaired) electrons. The van der Waals surface area contributed by atoms with Crippen molar-refractivity contribution in [3.63, 3.8) is 0 Å². The normalized spacial score (nSPS) is 21.5. The van der Waals surface area contributed by atoms with Gasteiger partial charge >= 0.3 is 0 Å². The molecule has 1 atom stereocenters. The molecule has 2 aromatic rings. The van der Waals surface area contributed by atoms with Crippen LogP contribution in [0.4, 0.5) is 10.3 Å². The predicted octanol–water partition coefficient (Wildman–Crippen LogP) is 4.31. The fourth-order valence-corrected chi connectivity index (χ4v) is 7.11. The van der Waals surface area contributed by atoms with E-state index >= 15 is 0 Å². The Morgan fingerprint density at radius 2 is 1.97 bits per heavy atom. The summed E-state index contributed by atoms with van der Waals surface area (Å²) in [6.45, 7) is 0.900. The lowest BCUT2D eigenvalue weighted by Gasteiger charge is -2.32. The first-order valence-electron chi connectivity index (χ1n) is 10.6. The number of allylic oxidation sites excluding steroid dienone is 4. The third-order valence-corrected chi connectivity index (χ3v) is 9.35. The Kier molecular flexibility index (Phi) is 5.81. The van der Waals surface area contributed by atoms with E-state index in [1.54, 1.807) is 30.5 Å². The maximum Gasteiger partial charge on any atom is 0.275 e. The maximum atomic E-state index is 14.8. The van der Waals surface area contributed by atoms with Crippen molar-refractivity contribution in [2.45, 2.75) is 6.42 Å². The number of benzene rings is 1. The Hall–Kier alpha value is -2.96. The fraction of sp³-hybridized carbons (Fsp3) is 0.261. The van der Waals surface area contributed by atoms with E-state index in [-0.39, 0.29) is 11.2 Å². The molecule has 33 heavy (non-hydrogen) atoms. The minimum absolute atomic E-state index is 0.261. The number of nitrogens with zero attached hydrogens (tertiary/aromatic N) is 5. The zero-order valence-corrected chi connectivity index (χ0v) is 19.2. The van der Waals surface area contributed by atoms with Crippen molar-refractivity contribution in [1.82, 2.24) is 9.97 Å². The van der Waals surface area contributed by atoms with Crippen molar-refractivity contribution in [3.8, 4) is 0 Å². The number of amides is 1. The molecule has 1 amide bonds. The summed E-state index contributed by atoms with van der Waals surface area (Å²) in [5, 5.41) is 8.47. The van der Waals surface area contributed by atoms with E-state index in [9.17, 15) is 13.8 Å². The minimum Gasteiger partial charge on any atom is -0.340 e. The van der Waals surface area contributed by atoms with Gasteiger partial charge in [0.2, 0.25) is 5.95 Å². The molecule has 1 aromatic heterocycles. The zero-order valence-electron chi connectivity index (χ0n) is 17.6. The van der Waals surface area contributed by atoms with Crippen molar-refractivity contribution in [2.75, 3.05) is 30.3 Å². The summed E-state index contributed by atoms with van der Waals surface area (Å²) in [6.07, 6.45) is 9.91. The first-order chi connectivity index (χ1) is 15.9. The van der Waals surface area contributed by atoms with Crippen LogP contribution in [0.2, 0.25) is 5.15 Å². The van der Waals surface area contributed by atoms with E-state index < -0.39 is 18.9 Å². The molecule has 1 unspecified atom stereocenters. The van der Waals surface area contributed by atoms with Gasteiger partial charge in [0.15, 0.2) is 0 Å². The highest BCUT2D eigenvalue weighted by atomic mass is 35.5. The Bertz CT molecular complexity index is 1290. The number of anilines is 1. The van der Waals surface area contributed by atoms with Gasteiger partial charge in [-0.15, -0.1) is 5.11 Å². The molecule has 2 aliphatic heterocycles. The molecule has 1 saturated heterocycles. The van der Waals surface area contributed by atoms with Gasteiger partial charge in [-0.1, -0.05) is 42.0 Å². The molecule has 1 aliphatic carbocycles. The number of azo groups is 1. The fourth-order valence-electron chi connectivity index (χ4n) is 4.28. The highest BCUT2D eigenvalue weighted by Gasteiger charge is 2.34. The lowest BCUT2D eigenvalue weighted by molar-refractivity contribution is -0.120. The van der Waals surface area contributed by atoms with Gasteiger partial charge in [0, 0.05) is 43.3 Å². The van der Waals surface area contributed by atoms with Crippen molar-refractivity contribution in [3.05, 3.63) is 82.6 Å². The van der Waals surface area contributed by atoms with Gasteiger partial charge < -0.3 is 9.46 Å². The second-order valence-corrected chi connectivity index (χ2v) is 11.7. The zero-order chi connectivity index (χ0) is 23.0. The molecule has 7 nitrogen and oxygen atoms in total. The van der Waals surface area contributed by atoms with Gasteiger partial charge in [-0.3, -0.25) is 4.79 Å². The molecule has 0 bridgehead atoms. The molecule has 5 rings (SSSR count). The Morgan fingerprint density at radius 3 is 2.76 bits per heavy atom. The lowest BCUT2D eigenvalue weighted by Crippen LogP contribution is -2.38. The number of halogens is 2.